The minimum absolute atomic E-state index is 0.0850. The van der Waals surface area contributed by atoms with E-state index in [2.05, 4.69) is 5.32 Å². The van der Waals surface area contributed by atoms with Crippen molar-refractivity contribution < 1.29 is 9.90 Å². The molecule has 0 aliphatic heterocycles. The number of amides is 2. The molecule has 1 unspecified atom stereocenters. The van der Waals surface area contributed by atoms with E-state index in [1.165, 1.54) is 0 Å². The summed E-state index contributed by atoms with van der Waals surface area (Å²) in [5.74, 6) is 0. The Labute approximate surface area is 73.6 Å². The number of nitrogens with zero attached hydrogens (tertiary/aromatic N) is 1. The Hall–Kier alpha value is -0.770. The number of carbonyl (C=O) groups excluding carboxylic acids is 1. The van der Waals surface area contributed by atoms with E-state index in [0.29, 0.717) is 19.5 Å². The molecular formula is C8H18N2O2. The van der Waals surface area contributed by atoms with Gasteiger partial charge in [-0.05, 0) is 20.3 Å². The molecule has 0 rings (SSSR count). The zero-order valence-corrected chi connectivity index (χ0v) is 8.00. The summed E-state index contributed by atoms with van der Waals surface area (Å²) in [5, 5.41) is 11.6. The van der Waals surface area contributed by atoms with E-state index in [0.717, 1.165) is 0 Å². The molecule has 0 saturated heterocycles. The Morgan fingerprint density at radius 3 is 2.67 bits per heavy atom. The third kappa shape index (κ3) is 4.96. The normalized spacial score (nSPS) is 12.3. The molecule has 0 fully saturated rings. The van der Waals surface area contributed by atoms with Crippen LogP contribution in [0.15, 0.2) is 0 Å². The molecule has 4 heteroatoms. The molecule has 0 aromatic carbocycles. The van der Waals surface area contributed by atoms with E-state index in [4.69, 9.17) is 5.11 Å². The Bertz CT molecular complexity index is 137. The van der Waals surface area contributed by atoms with Crippen molar-refractivity contribution in [2.45, 2.75) is 26.4 Å². The molecule has 72 valence electrons. The highest BCUT2D eigenvalue weighted by Crippen LogP contribution is 1.93. The van der Waals surface area contributed by atoms with Gasteiger partial charge in [-0.2, -0.15) is 0 Å². The van der Waals surface area contributed by atoms with Crippen molar-refractivity contribution in [3.8, 4) is 0 Å². The summed E-state index contributed by atoms with van der Waals surface area (Å²) < 4.78 is 0. The first-order chi connectivity index (χ1) is 5.57. The minimum Gasteiger partial charge on any atom is -0.393 e. The van der Waals surface area contributed by atoms with Gasteiger partial charge in [-0.15, -0.1) is 0 Å². The SMILES string of the molecule is CCNC(=O)N(C)CCC(C)O. The molecule has 2 amide bonds. The van der Waals surface area contributed by atoms with Crippen LogP contribution in [0.25, 0.3) is 0 Å². The molecule has 0 aliphatic rings. The maximum absolute atomic E-state index is 11.1. The topological polar surface area (TPSA) is 52.6 Å². The van der Waals surface area contributed by atoms with Crippen LogP contribution in [-0.2, 0) is 0 Å². The molecule has 0 aromatic heterocycles. The van der Waals surface area contributed by atoms with E-state index in [-0.39, 0.29) is 12.1 Å². The molecule has 1 atom stereocenters. The van der Waals surface area contributed by atoms with Gasteiger partial charge in [-0.25, -0.2) is 4.79 Å². The van der Waals surface area contributed by atoms with Crippen LogP contribution in [0.4, 0.5) is 4.79 Å². The van der Waals surface area contributed by atoms with Gasteiger partial charge in [-0.3, -0.25) is 0 Å². The summed E-state index contributed by atoms with van der Waals surface area (Å²) in [5.41, 5.74) is 0. The second-order valence-electron chi connectivity index (χ2n) is 2.89. The van der Waals surface area contributed by atoms with Crippen molar-refractivity contribution >= 4 is 6.03 Å². The van der Waals surface area contributed by atoms with Gasteiger partial charge in [0.15, 0.2) is 0 Å². The van der Waals surface area contributed by atoms with E-state index in [1.807, 2.05) is 6.92 Å². The fraction of sp³-hybridized carbons (Fsp3) is 0.875. The molecule has 0 radical (unpaired) electrons. The number of urea groups is 1. The zero-order chi connectivity index (χ0) is 9.56. The van der Waals surface area contributed by atoms with Gasteiger partial charge in [0, 0.05) is 20.1 Å². The number of nitrogens with one attached hydrogen (secondary N) is 1. The van der Waals surface area contributed by atoms with Crippen LogP contribution in [0.3, 0.4) is 0 Å². The monoisotopic (exact) mass is 174 g/mol. The average Bonchev–Trinajstić information content (AvgIpc) is 2.00. The van der Waals surface area contributed by atoms with Gasteiger partial charge < -0.3 is 15.3 Å². The lowest BCUT2D eigenvalue weighted by molar-refractivity contribution is 0.163. The fourth-order valence-electron chi connectivity index (χ4n) is 0.768. The number of hydrogen-bond donors (Lipinski definition) is 2. The van der Waals surface area contributed by atoms with E-state index < -0.39 is 0 Å². The van der Waals surface area contributed by atoms with Crippen molar-refractivity contribution in [3.63, 3.8) is 0 Å². The second kappa shape index (κ2) is 5.83. The smallest absolute Gasteiger partial charge is 0.317 e. The standard InChI is InChI=1S/C8H18N2O2/c1-4-9-8(12)10(3)6-5-7(2)11/h7,11H,4-6H2,1-3H3,(H,9,12). The average molecular weight is 174 g/mol. The summed E-state index contributed by atoms with van der Waals surface area (Å²) in [6.07, 6.45) is 0.273. The summed E-state index contributed by atoms with van der Waals surface area (Å²) >= 11 is 0. The highest BCUT2D eigenvalue weighted by atomic mass is 16.3. The van der Waals surface area contributed by atoms with Gasteiger partial charge >= 0.3 is 6.03 Å². The third-order valence-corrected chi connectivity index (χ3v) is 1.56. The van der Waals surface area contributed by atoms with Crippen LogP contribution in [0.2, 0.25) is 0 Å². The number of rotatable bonds is 4. The van der Waals surface area contributed by atoms with Crippen LogP contribution in [0.5, 0.6) is 0 Å². The molecular weight excluding hydrogens is 156 g/mol. The minimum atomic E-state index is -0.345. The molecule has 12 heavy (non-hydrogen) atoms. The van der Waals surface area contributed by atoms with Crippen LogP contribution in [-0.4, -0.2) is 42.3 Å². The lowest BCUT2D eigenvalue weighted by Gasteiger charge is -2.17. The molecule has 0 saturated carbocycles. The predicted molar refractivity (Wildman–Crippen MR) is 48.0 cm³/mol. The van der Waals surface area contributed by atoms with Crippen LogP contribution >= 0.6 is 0 Å². The maximum Gasteiger partial charge on any atom is 0.317 e. The van der Waals surface area contributed by atoms with Crippen LogP contribution in [0, 0.1) is 0 Å². The van der Waals surface area contributed by atoms with Crippen LogP contribution < -0.4 is 5.32 Å². The Morgan fingerprint density at radius 1 is 1.67 bits per heavy atom. The molecule has 0 bridgehead atoms. The quantitative estimate of drug-likeness (QED) is 0.649. The maximum atomic E-state index is 11.1. The summed E-state index contributed by atoms with van der Waals surface area (Å²) in [6, 6.07) is -0.0850. The first kappa shape index (κ1) is 11.2. The lowest BCUT2D eigenvalue weighted by atomic mass is 10.3. The Balaban J connectivity index is 3.56. The highest BCUT2D eigenvalue weighted by Gasteiger charge is 2.06. The summed E-state index contributed by atoms with van der Waals surface area (Å²) in [7, 11) is 1.72. The molecule has 0 spiro atoms. The molecule has 0 aliphatic carbocycles. The molecule has 2 N–H and O–H groups in total. The van der Waals surface area contributed by atoms with Gasteiger partial charge in [0.05, 0.1) is 6.10 Å². The van der Waals surface area contributed by atoms with Gasteiger partial charge in [0.2, 0.25) is 0 Å². The van der Waals surface area contributed by atoms with E-state index >= 15 is 0 Å². The largest absolute Gasteiger partial charge is 0.393 e. The summed E-state index contributed by atoms with van der Waals surface area (Å²) in [6.45, 7) is 4.81. The van der Waals surface area contributed by atoms with Crippen molar-refractivity contribution in [1.82, 2.24) is 10.2 Å². The Morgan fingerprint density at radius 2 is 2.25 bits per heavy atom. The van der Waals surface area contributed by atoms with Gasteiger partial charge in [0.25, 0.3) is 0 Å². The zero-order valence-electron chi connectivity index (χ0n) is 8.00. The second-order valence-corrected chi connectivity index (χ2v) is 2.89. The number of hydrogen-bond acceptors (Lipinski definition) is 2. The van der Waals surface area contributed by atoms with Crippen molar-refractivity contribution in [2.75, 3.05) is 20.1 Å². The highest BCUT2D eigenvalue weighted by molar-refractivity contribution is 5.73. The molecule has 0 aromatic rings. The first-order valence-electron chi connectivity index (χ1n) is 4.25. The van der Waals surface area contributed by atoms with Crippen LogP contribution in [0.1, 0.15) is 20.3 Å². The molecule has 4 nitrogen and oxygen atoms in total. The predicted octanol–water partition coefficient (Wildman–Crippen LogP) is 0.419. The van der Waals surface area contributed by atoms with Crippen molar-refractivity contribution in [1.29, 1.82) is 0 Å². The van der Waals surface area contributed by atoms with E-state index in [9.17, 15) is 4.79 Å². The lowest BCUT2D eigenvalue weighted by Crippen LogP contribution is -2.38. The number of aliphatic hydroxyl groups excluding tert-OH is 1. The Kier molecular flexibility index (Phi) is 5.45. The first-order valence-corrected chi connectivity index (χ1v) is 4.25. The number of aliphatic hydroxyl groups is 1. The van der Waals surface area contributed by atoms with Gasteiger partial charge in [0.1, 0.15) is 0 Å². The molecule has 0 heterocycles. The van der Waals surface area contributed by atoms with Crippen molar-refractivity contribution in [3.05, 3.63) is 0 Å². The van der Waals surface area contributed by atoms with Crippen molar-refractivity contribution in [2.24, 2.45) is 0 Å². The summed E-state index contributed by atoms with van der Waals surface area (Å²) in [4.78, 5) is 12.7. The van der Waals surface area contributed by atoms with Gasteiger partial charge in [-0.1, -0.05) is 0 Å². The van der Waals surface area contributed by atoms with E-state index in [1.54, 1.807) is 18.9 Å². The fourth-order valence-corrected chi connectivity index (χ4v) is 0.768. The number of carbonyl (C=O) groups is 1. The third-order valence-electron chi connectivity index (χ3n) is 1.56.